The lowest BCUT2D eigenvalue weighted by atomic mass is 9.94. The zero-order valence-corrected chi connectivity index (χ0v) is 13.5. The number of hydrogen-bond acceptors (Lipinski definition) is 2. The second kappa shape index (κ2) is 8.46. The second-order valence-corrected chi connectivity index (χ2v) is 6.59. The number of hydrogen-bond donors (Lipinski definition) is 1. The molecule has 0 aliphatic heterocycles. The topological polar surface area (TPSA) is 12.0 Å². The van der Waals surface area contributed by atoms with Crippen LogP contribution in [0.5, 0.6) is 0 Å². The smallest absolute Gasteiger partial charge is 0.0406 e. The third kappa shape index (κ3) is 5.28. The summed E-state index contributed by atoms with van der Waals surface area (Å²) in [5, 5.41) is 6.46. The predicted molar refractivity (Wildman–Crippen MR) is 89.8 cm³/mol. The lowest BCUT2D eigenvalue weighted by molar-refractivity contribution is 0.450. The van der Waals surface area contributed by atoms with E-state index >= 15 is 0 Å². The lowest BCUT2D eigenvalue weighted by Crippen LogP contribution is -2.24. The molecule has 3 heteroatoms. The highest BCUT2D eigenvalue weighted by Crippen LogP contribution is 2.19. The molecule has 0 saturated carbocycles. The van der Waals surface area contributed by atoms with Crippen molar-refractivity contribution in [1.82, 2.24) is 5.32 Å². The first-order valence-corrected chi connectivity index (χ1v) is 8.51. The van der Waals surface area contributed by atoms with Crippen molar-refractivity contribution in [3.05, 3.63) is 57.2 Å². The summed E-state index contributed by atoms with van der Waals surface area (Å²) in [5.74, 6) is 0.679. The van der Waals surface area contributed by atoms with Gasteiger partial charge in [0.05, 0.1) is 0 Å². The first kappa shape index (κ1) is 15.6. The van der Waals surface area contributed by atoms with Crippen LogP contribution >= 0.6 is 22.9 Å². The van der Waals surface area contributed by atoms with Crippen LogP contribution in [0.25, 0.3) is 0 Å². The average Bonchev–Trinajstić information content (AvgIpc) is 2.97. The summed E-state index contributed by atoms with van der Waals surface area (Å²) in [6, 6.07) is 12.6. The highest BCUT2D eigenvalue weighted by molar-refractivity contribution is 7.09. The van der Waals surface area contributed by atoms with E-state index in [1.54, 1.807) is 0 Å². The molecule has 1 aromatic heterocycles. The van der Waals surface area contributed by atoms with Crippen molar-refractivity contribution in [2.45, 2.75) is 26.2 Å². The molecule has 108 valence electrons. The van der Waals surface area contributed by atoms with Gasteiger partial charge in [0, 0.05) is 9.90 Å². The minimum absolute atomic E-state index is 0.679. The van der Waals surface area contributed by atoms with Crippen LogP contribution in [-0.4, -0.2) is 13.1 Å². The molecule has 1 atom stereocenters. The highest BCUT2D eigenvalue weighted by atomic mass is 35.5. The van der Waals surface area contributed by atoms with Crippen LogP contribution in [0, 0.1) is 5.92 Å². The number of rotatable bonds is 8. The van der Waals surface area contributed by atoms with Gasteiger partial charge in [-0.3, -0.25) is 0 Å². The minimum atomic E-state index is 0.679. The van der Waals surface area contributed by atoms with Crippen LogP contribution in [0.2, 0.25) is 5.02 Å². The minimum Gasteiger partial charge on any atom is -0.317 e. The molecule has 1 heterocycles. The molecule has 1 unspecified atom stereocenters. The fourth-order valence-corrected chi connectivity index (χ4v) is 3.23. The fraction of sp³-hybridized carbons (Fsp3) is 0.412. The molecule has 2 rings (SSSR count). The summed E-state index contributed by atoms with van der Waals surface area (Å²) in [7, 11) is 0. The number of halogens is 1. The normalized spacial score (nSPS) is 12.5. The van der Waals surface area contributed by atoms with Gasteiger partial charge < -0.3 is 5.32 Å². The van der Waals surface area contributed by atoms with Gasteiger partial charge in [-0.05, 0) is 67.4 Å². The van der Waals surface area contributed by atoms with E-state index in [1.165, 1.54) is 23.3 Å². The van der Waals surface area contributed by atoms with Crippen molar-refractivity contribution in [3.63, 3.8) is 0 Å². The number of benzene rings is 1. The maximum Gasteiger partial charge on any atom is 0.0406 e. The maximum atomic E-state index is 5.95. The quantitative estimate of drug-likeness (QED) is 0.738. The highest BCUT2D eigenvalue weighted by Gasteiger charge is 2.10. The molecule has 1 N–H and O–H groups in total. The zero-order chi connectivity index (χ0) is 14.2. The van der Waals surface area contributed by atoms with Crippen molar-refractivity contribution in [1.29, 1.82) is 0 Å². The second-order valence-electron chi connectivity index (χ2n) is 5.12. The summed E-state index contributed by atoms with van der Waals surface area (Å²) in [6.07, 6.45) is 3.53. The molecule has 1 nitrogen and oxygen atoms in total. The Bertz CT molecular complexity index is 478. The van der Waals surface area contributed by atoms with E-state index < -0.39 is 0 Å². The Morgan fingerprint density at radius 3 is 2.65 bits per heavy atom. The summed E-state index contributed by atoms with van der Waals surface area (Å²) < 4.78 is 0. The van der Waals surface area contributed by atoms with E-state index in [9.17, 15) is 0 Å². The third-order valence-electron chi connectivity index (χ3n) is 3.50. The van der Waals surface area contributed by atoms with E-state index in [1.807, 2.05) is 23.5 Å². The van der Waals surface area contributed by atoms with Gasteiger partial charge in [0.25, 0.3) is 0 Å². The van der Waals surface area contributed by atoms with Gasteiger partial charge >= 0.3 is 0 Å². The molecule has 0 radical (unpaired) electrons. The van der Waals surface area contributed by atoms with Gasteiger partial charge in [-0.15, -0.1) is 11.3 Å². The number of aryl methyl sites for hydroxylation is 1. The van der Waals surface area contributed by atoms with Crippen LogP contribution in [0.15, 0.2) is 41.8 Å². The molecule has 0 spiro atoms. The predicted octanol–water partition coefficient (Wildman–Crippen LogP) is 4.80. The Morgan fingerprint density at radius 1 is 1.20 bits per heavy atom. The van der Waals surface area contributed by atoms with Crippen molar-refractivity contribution >= 4 is 22.9 Å². The van der Waals surface area contributed by atoms with E-state index in [0.29, 0.717) is 5.92 Å². The molecule has 0 bridgehead atoms. The van der Waals surface area contributed by atoms with E-state index in [0.717, 1.165) is 24.5 Å². The van der Waals surface area contributed by atoms with E-state index in [-0.39, 0.29) is 0 Å². The van der Waals surface area contributed by atoms with Crippen molar-refractivity contribution in [2.24, 2.45) is 5.92 Å². The summed E-state index contributed by atoms with van der Waals surface area (Å²) in [6.45, 7) is 4.29. The van der Waals surface area contributed by atoms with Crippen molar-refractivity contribution < 1.29 is 0 Å². The number of thiophene rings is 1. The van der Waals surface area contributed by atoms with Gasteiger partial charge in [0.1, 0.15) is 0 Å². The first-order chi connectivity index (χ1) is 9.78. The SMILES string of the molecule is CCNCC(CCc1cccs1)Cc1ccc(Cl)cc1. The Morgan fingerprint density at radius 2 is 2.00 bits per heavy atom. The molecule has 0 fully saturated rings. The largest absolute Gasteiger partial charge is 0.317 e. The van der Waals surface area contributed by atoms with Crippen LogP contribution in [-0.2, 0) is 12.8 Å². The van der Waals surface area contributed by atoms with Crippen molar-refractivity contribution in [3.8, 4) is 0 Å². The van der Waals surface area contributed by atoms with Crippen LogP contribution in [0.3, 0.4) is 0 Å². The van der Waals surface area contributed by atoms with Gasteiger partial charge in [-0.2, -0.15) is 0 Å². The molecule has 0 saturated heterocycles. The molecule has 0 aliphatic rings. The van der Waals surface area contributed by atoms with Crippen LogP contribution in [0.4, 0.5) is 0 Å². The molecule has 2 aromatic rings. The Labute approximate surface area is 131 Å². The standard InChI is InChI=1S/C17H22ClNS/c1-2-19-13-15(7-10-17-4-3-11-20-17)12-14-5-8-16(18)9-6-14/h3-6,8-9,11,15,19H,2,7,10,12-13H2,1H3. The Balaban J connectivity index is 1.90. The number of nitrogens with one attached hydrogen (secondary N) is 1. The van der Waals surface area contributed by atoms with Crippen molar-refractivity contribution in [2.75, 3.05) is 13.1 Å². The van der Waals surface area contributed by atoms with Gasteiger partial charge in [0.2, 0.25) is 0 Å². The third-order valence-corrected chi connectivity index (χ3v) is 4.69. The zero-order valence-electron chi connectivity index (χ0n) is 11.9. The molecular weight excluding hydrogens is 286 g/mol. The summed E-state index contributed by atoms with van der Waals surface area (Å²) in [5.41, 5.74) is 1.38. The van der Waals surface area contributed by atoms with E-state index in [2.05, 4.69) is 41.9 Å². The first-order valence-electron chi connectivity index (χ1n) is 7.25. The van der Waals surface area contributed by atoms with Crippen LogP contribution < -0.4 is 5.32 Å². The fourth-order valence-electron chi connectivity index (χ4n) is 2.38. The van der Waals surface area contributed by atoms with Gasteiger partial charge in [0.15, 0.2) is 0 Å². The summed E-state index contributed by atoms with van der Waals surface area (Å²) in [4.78, 5) is 1.49. The Kier molecular flexibility index (Phi) is 6.58. The monoisotopic (exact) mass is 307 g/mol. The van der Waals surface area contributed by atoms with Crippen LogP contribution in [0.1, 0.15) is 23.8 Å². The molecular formula is C17H22ClNS. The van der Waals surface area contributed by atoms with Gasteiger partial charge in [-0.25, -0.2) is 0 Å². The molecule has 0 amide bonds. The van der Waals surface area contributed by atoms with E-state index in [4.69, 9.17) is 11.6 Å². The lowest BCUT2D eigenvalue weighted by Gasteiger charge is -2.17. The Hall–Kier alpha value is -0.830. The maximum absolute atomic E-state index is 5.95. The average molecular weight is 308 g/mol. The molecule has 1 aromatic carbocycles. The molecule has 20 heavy (non-hydrogen) atoms. The molecule has 0 aliphatic carbocycles. The summed E-state index contributed by atoms with van der Waals surface area (Å²) >= 11 is 7.81. The van der Waals surface area contributed by atoms with Gasteiger partial charge in [-0.1, -0.05) is 36.7 Å².